The predicted molar refractivity (Wildman–Crippen MR) is 34.9 cm³/mol. The molecule has 0 spiro atoms. The summed E-state index contributed by atoms with van der Waals surface area (Å²) in [5.41, 5.74) is 0. The second kappa shape index (κ2) is 3.25. The van der Waals surface area contributed by atoms with Crippen LogP contribution in [0.15, 0.2) is 0 Å². The van der Waals surface area contributed by atoms with Gasteiger partial charge in [0.25, 0.3) is 3.12 Å². The third-order valence-corrected chi connectivity index (χ3v) is 1.10. The van der Waals surface area contributed by atoms with Crippen molar-refractivity contribution in [3.63, 3.8) is 0 Å². The molecule has 44 valence electrons. The lowest BCUT2D eigenvalue weighted by molar-refractivity contribution is 0.490. The van der Waals surface area contributed by atoms with Crippen molar-refractivity contribution < 1.29 is 4.18 Å². The monoisotopic (exact) mass is 180 g/mol. The van der Waals surface area contributed by atoms with Crippen molar-refractivity contribution in [2.75, 3.05) is 7.11 Å². The van der Waals surface area contributed by atoms with Crippen molar-refractivity contribution in [1.29, 1.82) is 0 Å². The van der Waals surface area contributed by atoms with Crippen LogP contribution in [0.4, 0.5) is 0 Å². The van der Waals surface area contributed by atoms with Crippen molar-refractivity contribution >= 4 is 46.8 Å². The van der Waals surface area contributed by atoms with Gasteiger partial charge < -0.3 is 4.18 Å². The lowest BCUT2D eigenvalue weighted by Crippen LogP contribution is -1.92. The molecule has 1 nitrogen and oxygen atoms in total. The summed E-state index contributed by atoms with van der Waals surface area (Å²) < 4.78 is 3.09. The summed E-state index contributed by atoms with van der Waals surface area (Å²) >= 11 is 16.4. The fraction of sp³-hybridized carbons (Fsp3) is 1.00. The number of halogens is 3. The lowest BCUT2D eigenvalue weighted by atomic mass is 11.8. The summed E-state index contributed by atoms with van der Waals surface area (Å²) in [4.78, 5) is 0. The van der Waals surface area contributed by atoms with E-state index < -0.39 is 3.12 Å². The minimum atomic E-state index is -1.34. The molecule has 0 unspecified atom stereocenters. The molecule has 0 fully saturated rings. The highest BCUT2D eigenvalue weighted by Gasteiger charge is 2.19. The van der Waals surface area contributed by atoms with Crippen LogP contribution in [-0.2, 0) is 4.18 Å². The van der Waals surface area contributed by atoms with Crippen molar-refractivity contribution in [2.24, 2.45) is 0 Å². The molecule has 5 heteroatoms. The molecule has 7 heavy (non-hydrogen) atoms. The maximum absolute atomic E-state index is 5.20. The van der Waals surface area contributed by atoms with E-state index in [4.69, 9.17) is 34.8 Å². The first-order valence-electron chi connectivity index (χ1n) is 1.35. The van der Waals surface area contributed by atoms with E-state index in [1.807, 2.05) is 0 Å². The summed E-state index contributed by atoms with van der Waals surface area (Å²) in [5, 5.41) is 0. The van der Waals surface area contributed by atoms with Gasteiger partial charge in [-0.25, -0.2) is 0 Å². The number of alkyl halides is 3. The first-order valence-corrected chi connectivity index (χ1v) is 3.22. The molecule has 0 aliphatic carbocycles. The molecule has 0 rings (SSSR count). The standard InChI is InChI=1S/C2H3Cl3OS/c1-6-7-2(3,4)5/h1H3. The van der Waals surface area contributed by atoms with Gasteiger partial charge in [-0.15, -0.1) is 0 Å². The summed E-state index contributed by atoms with van der Waals surface area (Å²) in [6, 6.07) is 0. The van der Waals surface area contributed by atoms with Gasteiger partial charge in [-0.1, -0.05) is 34.8 Å². The van der Waals surface area contributed by atoms with E-state index in [0.717, 1.165) is 12.0 Å². The van der Waals surface area contributed by atoms with Gasteiger partial charge in [0.15, 0.2) is 0 Å². The van der Waals surface area contributed by atoms with E-state index in [0.29, 0.717) is 0 Å². The fourth-order valence-corrected chi connectivity index (χ4v) is 0.850. The van der Waals surface area contributed by atoms with Gasteiger partial charge in [0.05, 0.1) is 7.11 Å². The highest BCUT2D eigenvalue weighted by molar-refractivity contribution is 8.00. The van der Waals surface area contributed by atoms with E-state index in [-0.39, 0.29) is 0 Å². The normalized spacial score (nSPS) is 12.0. The quantitative estimate of drug-likeness (QED) is 0.454. The number of hydrogen-bond donors (Lipinski definition) is 0. The average molecular weight is 181 g/mol. The van der Waals surface area contributed by atoms with Crippen LogP contribution in [-0.4, -0.2) is 10.2 Å². The molecule has 0 aliphatic rings. The van der Waals surface area contributed by atoms with Gasteiger partial charge in [0.1, 0.15) is 0 Å². The molecular formula is C2H3Cl3OS. The first kappa shape index (κ1) is 8.18. The predicted octanol–water partition coefficient (Wildman–Crippen LogP) is 2.61. The molecule has 0 amide bonds. The van der Waals surface area contributed by atoms with Crippen molar-refractivity contribution in [1.82, 2.24) is 0 Å². The fourth-order valence-electron chi connectivity index (χ4n) is 0.0945. The van der Waals surface area contributed by atoms with Crippen molar-refractivity contribution in [3.05, 3.63) is 0 Å². The van der Waals surface area contributed by atoms with Crippen LogP contribution in [0.1, 0.15) is 0 Å². The lowest BCUT2D eigenvalue weighted by Gasteiger charge is -2.04. The van der Waals surface area contributed by atoms with Gasteiger partial charge in [-0.2, -0.15) is 0 Å². The molecule has 0 saturated carbocycles. The van der Waals surface area contributed by atoms with Gasteiger partial charge in [0, 0.05) is 12.0 Å². The Balaban J connectivity index is 3.15. The molecule has 0 radical (unpaired) electrons. The third kappa shape index (κ3) is 7.18. The Hall–Kier alpha value is 1.18. The third-order valence-electron chi connectivity index (χ3n) is 0.178. The maximum Gasteiger partial charge on any atom is 0.262 e. The Bertz CT molecular complexity index is 51.4. The Kier molecular flexibility index (Phi) is 3.80. The van der Waals surface area contributed by atoms with Crippen LogP contribution in [0.25, 0.3) is 0 Å². The van der Waals surface area contributed by atoms with Gasteiger partial charge >= 0.3 is 0 Å². The SMILES string of the molecule is COSC(Cl)(Cl)Cl. The molecule has 0 saturated heterocycles. The zero-order valence-corrected chi connectivity index (χ0v) is 6.53. The first-order chi connectivity index (χ1) is 3.06. The molecule has 0 heterocycles. The zero-order valence-electron chi connectivity index (χ0n) is 3.45. The topological polar surface area (TPSA) is 9.23 Å². The van der Waals surface area contributed by atoms with E-state index in [1.165, 1.54) is 7.11 Å². The van der Waals surface area contributed by atoms with Crippen LogP contribution < -0.4 is 0 Å². The highest BCUT2D eigenvalue weighted by atomic mass is 35.6. The van der Waals surface area contributed by atoms with Crippen LogP contribution in [0.5, 0.6) is 0 Å². The Labute approximate surface area is 61.5 Å². The summed E-state index contributed by atoms with van der Waals surface area (Å²) in [6.45, 7) is 0. The van der Waals surface area contributed by atoms with Crippen LogP contribution in [0, 0.1) is 0 Å². The molecule has 0 atom stereocenters. The highest BCUT2D eigenvalue weighted by Crippen LogP contribution is 2.38. The van der Waals surface area contributed by atoms with E-state index in [1.54, 1.807) is 0 Å². The molecule has 0 bridgehead atoms. The molecule has 0 aliphatic heterocycles. The molecule has 0 aromatic heterocycles. The largest absolute Gasteiger partial charge is 0.315 e. The minimum Gasteiger partial charge on any atom is -0.315 e. The molecule has 0 aromatic rings. The number of rotatable bonds is 1. The van der Waals surface area contributed by atoms with Gasteiger partial charge in [-0.3, -0.25) is 0 Å². The smallest absolute Gasteiger partial charge is 0.262 e. The van der Waals surface area contributed by atoms with Crippen LogP contribution >= 0.6 is 46.8 Å². The maximum atomic E-state index is 5.20. The number of hydrogen-bond acceptors (Lipinski definition) is 2. The Morgan fingerprint density at radius 2 is 1.86 bits per heavy atom. The van der Waals surface area contributed by atoms with Crippen LogP contribution in [0.3, 0.4) is 0 Å². The van der Waals surface area contributed by atoms with E-state index >= 15 is 0 Å². The second-order valence-electron chi connectivity index (χ2n) is 0.696. The second-order valence-corrected chi connectivity index (χ2v) is 4.76. The summed E-state index contributed by atoms with van der Waals surface area (Å²) in [5.74, 6) is 0. The Morgan fingerprint density at radius 3 is 1.86 bits per heavy atom. The van der Waals surface area contributed by atoms with Crippen molar-refractivity contribution in [3.8, 4) is 0 Å². The van der Waals surface area contributed by atoms with Gasteiger partial charge in [0.2, 0.25) is 0 Å². The zero-order chi connectivity index (χ0) is 5.91. The van der Waals surface area contributed by atoms with E-state index in [2.05, 4.69) is 4.18 Å². The molecule has 0 N–H and O–H groups in total. The molecule has 0 aromatic carbocycles. The van der Waals surface area contributed by atoms with Gasteiger partial charge in [-0.05, 0) is 0 Å². The van der Waals surface area contributed by atoms with Crippen LogP contribution in [0.2, 0.25) is 0 Å². The molecular weight excluding hydrogens is 178 g/mol. The minimum absolute atomic E-state index is 0.785. The van der Waals surface area contributed by atoms with Crippen molar-refractivity contribution in [2.45, 2.75) is 3.12 Å². The Morgan fingerprint density at radius 1 is 1.43 bits per heavy atom. The van der Waals surface area contributed by atoms with E-state index in [9.17, 15) is 0 Å². The summed E-state index contributed by atoms with van der Waals surface area (Å²) in [7, 11) is 1.44. The summed E-state index contributed by atoms with van der Waals surface area (Å²) in [6.07, 6.45) is 0. The average Bonchev–Trinajstić information content (AvgIpc) is 1.30.